The van der Waals surface area contributed by atoms with Crippen LogP contribution in [0.5, 0.6) is 5.75 Å². The molecule has 0 fully saturated rings. The SMILES string of the molecule is COc1cc(C)ncc1CNCc1cc(C(=O)O)sc1C. The van der Waals surface area contributed by atoms with E-state index in [2.05, 4.69) is 10.3 Å². The van der Waals surface area contributed by atoms with Gasteiger partial charge in [0.2, 0.25) is 0 Å². The van der Waals surface area contributed by atoms with Crippen molar-refractivity contribution in [1.82, 2.24) is 10.3 Å². The Hall–Kier alpha value is -1.92. The number of pyridine rings is 1. The fourth-order valence-corrected chi connectivity index (χ4v) is 2.90. The first kappa shape index (κ1) is 15.5. The molecule has 2 aromatic rings. The molecule has 6 heteroatoms. The number of carboxylic acids is 1. The van der Waals surface area contributed by atoms with Gasteiger partial charge in [-0.1, -0.05) is 0 Å². The molecular weight excluding hydrogens is 288 g/mol. The van der Waals surface area contributed by atoms with E-state index in [9.17, 15) is 4.79 Å². The Morgan fingerprint density at radius 3 is 2.67 bits per heavy atom. The number of carboxylic acid groups (broad SMARTS) is 1. The monoisotopic (exact) mass is 306 g/mol. The number of aryl methyl sites for hydroxylation is 2. The molecule has 5 nitrogen and oxygen atoms in total. The molecule has 0 saturated carbocycles. The van der Waals surface area contributed by atoms with Crippen molar-refractivity contribution in [3.63, 3.8) is 0 Å². The molecule has 0 aliphatic heterocycles. The molecule has 0 atom stereocenters. The highest BCUT2D eigenvalue weighted by molar-refractivity contribution is 7.14. The van der Waals surface area contributed by atoms with Crippen LogP contribution >= 0.6 is 11.3 Å². The standard InChI is InChI=1S/C15H18N2O3S/c1-9-4-13(20-3)12(8-17-9)7-16-6-11-5-14(15(18)19)21-10(11)2/h4-5,8,16H,6-7H2,1-3H3,(H,18,19). The molecule has 2 rings (SSSR count). The van der Waals surface area contributed by atoms with Gasteiger partial charge in [-0.2, -0.15) is 0 Å². The van der Waals surface area contributed by atoms with E-state index < -0.39 is 5.97 Å². The molecule has 2 N–H and O–H groups in total. The van der Waals surface area contributed by atoms with Crippen molar-refractivity contribution >= 4 is 17.3 Å². The lowest BCUT2D eigenvalue weighted by atomic mass is 10.2. The molecule has 0 aromatic carbocycles. The summed E-state index contributed by atoms with van der Waals surface area (Å²) in [5.74, 6) is -0.0676. The molecule has 2 heterocycles. The van der Waals surface area contributed by atoms with Crippen molar-refractivity contribution in [2.45, 2.75) is 26.9 Å². The van der Waals surface area contributed by atoms with Crippen molar-refractivity contribution < 1.29 is 14.6 Å². The summed E-state index contributed by atoms with van der Waals surface area (Å²) in [5, 5.41) is 12.3. The molecule has 112 valence electrons. The van der Waals surface area contributed by atoms with E-state index in [-0.39, 0.29) is 0 Å². The van der Waals surface area contributed by atoms with E-state index in [0.29, 0.717) is 18.0 Å². The molecule has 0 saturated heterocycles. The number of rotatable bonds is 6. The van der Waals surface area contributed by atoms with Crippen LogP contribution in [0.15, 0.2) is 18.3 Å². The van der Waals surface area contributed by atoms with Crippen LogP contribution in [0.25, 0.3) is 0 Å². The summed E-state index contributed by atoms with van der Waals surface area (Å²) in [6.45, 7) is 5.09. The maximum absolute atomic E-state index is 10.9. The molecule has 0 spiro atoms. The number of hydrogen-bond acceptors (Lipinski definition) is 5. The fourth-order valence-electron chi connectivity index (χ4n) is 2.02. The Morgan fingerprint density at radius 1 is 1.33 bits per heavy atom. The first-order valence-corrected chi connectivity index (χ1v) is 7.35. The van der Waals surface area contributed by atoms with Gasteiger partial charge in [0.25, 0.3) is 0 Å². The Bertz CT molecular complexity index is 652. The van der Waals surface area contributed by atoms with E-state index in [4.69, 9.17) is 9.84 Å². The second-order valence-electron chi connectivity index (χ2n) is 4.74. The number of ether oxygens (including phenoxy) is 1. The van der Waals surface area contributed by atoms with Gasteiger partial charge < -0.3 is 15.2 Å². The van der Waals surface area contributed by atoms with E-state index >= 15 is 0 Å². The van der Waals surface area contributed by atoms with Crippen LogP contribution in [-0.4, -0.2) is 23.2 Å². The highest BCUT2D eigenvalue weighted by Gasteiger charge is 2.11. The Labute approximate surface area is 127 Å². The minimum atomic E-state index is -0.876. The highest BCUT2D eigenvalue weighted by atomic mass is 32.1. The maximum Gasteiger partial charge on any atom is 0.345 e. The summed E-state index contributed by atoms with van der Waals surface area (Å²) in [5.41, 5.74) is 2.90. The maximum atomic E-state index is 10.9. The van der Waals surface area contributed by atoms with Crippen LogP contribution in [0.2, 0.25) is 0 Å². The quantitative estimate of drug-likeness (QED) is 0.858. The first-order valence-electron chi connectivity index (χ1n) is 6.54. The summed E-state index contributed by atoms with van der Waals surface area (Å²) in [4.78, 5) is 16.6. The molecule has 0 bridgehead atoms. The fraction of sp³-hybridized carbons (Fsp3) is 0.333. The minimum Gasteiger partial charge on any atom is -0.496 e. The van der Waals surface area contributed by atoms with Crippen LogP contribution in [0.1, 0.15) is 31.4 Å². The molecule has 0 aliphatic carbocycles. The number of aromatic carboxylic acids is 1. The number of nitrogens with one attached hydrogen (secondary N) is 1. The summed E-state index contributed by atoms with van der Waals surface area (Å²) in [6, 6.07) is 3.62. The van der Waals surface area contributed by atoms with Gasteiger partial charge in [-0.15, -0.1) is 11.3 Å². The van der Waals surface area contributed by atoms with Gasteiger partial charge in [-0.05, 0) is 25.5 Å². The lowest BCUT2D eigenvalue weighted by Crippen LogP contribution is -2.14. The third kappa shape index (κ3) is 3.80. The minimum absolute atomic E-state index is 0.374. The Morgan fingerprint density at radius 2 is 2.05 bits per heavy atom. The zero-order chi connectivity index (χ0) is 15.4. The predicted molar refractivity (Wildman–Crippen MR) is 82.1 cm³/mol. The van der Waals surface area contributed by atoms with Crippen molar-refractivity contribution in [2.75, 3.05) is 7.11 Å². The lowest BCUT2D eigenvalue weighted by Gasteiger charge is -2.10. The summed E-state index contributed by atoms with van der Waals surface area (Å²) in [7, 11) is 1.64. The van der Waals surface area contributed by atoms with Gasteiger partial charge in [0.1, 0.15) is 10.6 Å². The number of methoxy groups -OCH3 is 1. The molecule has 0 aliphatic rings. The highest BCUT2D eigenvalue weighted by Crippen LogP contribution is 2.22. The summed E-state index contributed by atoms with van der Waals surface area (Å²) < 4.78 is 5.33. The van der Waals surface area contributed by atoms with Gasteiger partial charge in [0.15, 0.2) is 0 Å². The number of nitrogens with zero attached hydrogens (tertiary/aromatic N) is 1. The van der Waals surface area contributed by atoms with Crippen LogP contribution in [0.4, 0.5) is 0 Å². The van der Waals surface area contributed by atoms with Crippen LogP contribution in [0, 0.1) is 13.8 Å². The average Bonchev–Trinajstić information content (AvgIpc) is 2.82. The molecule has 2 aromatic heterocycles. The lowest BCUT2D eigenvalue weighted by molar-refractivity contribution is 0.0702. The van der Waals surface area contributed by atoms with Crippen molar-refractivity contribution in [3.05, 3.63) is 44.9 Å². The Balaban J connectivity index is 2.00. The van der Waals surface area contributed by atoms with Gasteiger partial charge in [-0.3, -0.25) is 4.98 Å². The number of aromatic nitrogens is 1. The average molecular weight is 306 g/mol. The van der Waals surface area contributed by atoms with Gasteiger partial charge in [-0.25, -0.2) is 4.79 Å². The van der Waals surface area contributed by atoms with E-state index in [1.807, 2.05) is 19.9 Å². The topological polar surface area (TPSA) is 71.5 Å². The largest absolute Gasteiger partial charge is 0.496 e. The third-order valence-electron chi connectivity index (χ3n) is 3.16. The third-order valence-corrected chi connectivity index (χ3v) is 4.24. The van der Waals surface area contributed by atoms with E-state index in [1.165, 1.54) is 11.3 Å². The summed E-state index contributed by atoms with van der Waals surface area (Å²) in [6.07, 6.45) is 1.80. The summed E-state index contributed by atoms with van der Waals surface area (Å²) >= 11 is 1.30. The van der Waals surface area contributed by atoms with Crippen molar-refractivity contribution in [3.8, 4) is 5.75 Å². The van der Waals surface area contributed by atoms with Crippen LogP contribution in [0.3, 0.4) is 0 Å². The Kier molecular flexibility index (Phi) is 4.93. The molecule has 0 amide bonds. The van der Waals surface area contributed by atoms with Crippen molar-refractivity contribution in [1.29, 1.82) is 0 Å². The molecule has 21 heavy (non-hydrogen) atoms. The van der Waals surface area contributed by atoms with Crippen molar-refractivity contribution in [2.24, 2.45) is 0 Å². The number of hydrogen-bond donors (Lipinski definition) is 2. The molecule has 0 radical (unpaired) electrons. The second kappa shape index (κ2) is 6.69. The number of carbonyl (C=O) groups is 1. The second-order valence-corrected chi connectivity index (χ2v) is 5.99. The van der Waals surface area contributed by atoms with Gasteiger partial charge >= 0.3 is 5.97 Å². The van der Waals surface area contributed by atoms with Gasteiger partial charge in [0.05, 0.1) is 7.11 Å². The van der Waals surface area contributed by atoms with E-state index in [1.54, 1.807) is 19.4 Å². The number of thiophene rings is 1. The van der Waals surface area contributed by atoms with Crippen LogP contribution < -0.4 is 10.1 Å². The molecule has 0 unspecified atom stereocenters. The molecular formula is C15H18N2O3S. The first-order chi connectivity index (χ1) is 10.0. The van der Waals surface area contributed by atoms with Gasteiger partial charge in [0, 0.05) is 41.5 Å². The zero-order valence-electron chi connectivity index (χ0n) is 12.3. The van der Waals surface area contributed by atoms with Crippen LogP contribution in [-0.2, 0) is 13.1 Å². The van der Waals surface area contributed by atoms with E-state index in [0.717, 1.165) is 27.4 Å². The normalized spacial score (nSPS) is 10.6. The smallest absolute Gasteiger partial charge is 0.345 e. The predicted octanol–water partition coefficient (Wildman–Crippen LogP) is 2.76. The zero-order valence-corrected chi connectivity index (χ0v) is 13.1.